The molecule has 1 fully saturated rings. The number of hydrogen-bond donors (Lipinski definition) is 2. The van der Waals surface area contributed by atoms with Crippen LogP contribution in [0.25, 0.3) is 0 Å². The summed E-state index contributed by atoms with van der Waals surface area (Å²) in [6.07, 6.45) is 2.61. The number of benzene rings is 2. The van der Waals surface area contributed by atoms with Crippen molar-refractivity contribution in [2.24, 2.45) is 0 Å². The van der Waals surface area contributed by atoms with Crippen molar-refractivity contribution < 1.29 is 22.2 Å². The third kappa shape index (κ3) is 5.47. The van der Waals surface area contributed by atoms with E-state index >= 15 is 0 Å². The van der Waals surface area contributed by atoms with Crippen LogP contribution < -0.4 is 5.32 Å². The zero-order valence-electron chi connectivity index (χ0n) is 19.3. The third-order valence-corrected chi connectivity index (χ3v) is 7.46. The van der Waals surface area contributed by atoms with Gasteiger partial charge in [-0.25, -0.2) is 9.37 Å². The molecule has 2 aromatic carbocycles. The molecule has 0 bridgehead atoms. The highest BCUT2D eigenvalue weighted by Crippen LogP contribution is 2.33. The second-order valence-corrected chi connectivity index (χ2v) is 10.4. The maximum atomic E-state index is 13.5. The molecule has 0 atom stereocenters. The van der Waals surface area contributed by atoms with E-state index in [0.29, 0.717) is 36.6 Å². The Hall–Kier alpha value is -3.01. The number of aromatic nitrogens is 1. The number of aryl methyl sites for hydroxylation is 1. The summed E-state index contributed by atoms with van der Waals surface area (Å²) in [6.45, 7) is 4.29. The summed E-state index contributed by atoms with van der Waals surface area (Å²) in [4.78, 5) is 19.1. The molecule has 2 N–H and O–H groups in total. The van der Waals surface area contributed by atoms with Gasteiger partial charge in [0.25, 0.3) is 5.91 Å². The van der Waals surface area contributed by atoms with Gasteiger partial charge in [-0.2, -0.15) is 8.42 Å². The summed E-state index contributed by atoms with van der Waals surface area (Å²) in [5, 5.41) is 3.18. The SMILES string of the molecule is Cc1cc(Cl)ccc1Nc1c(C(=O)N2CCC(c3ccc(F)cc3)CC2)cnc(S(=O)(=O)O)c1C. The van der Waals surface area contributed by atoms with Crippen LogP contribution in [0.5, 0.6) is 0 Å². The van der Waals surface area contributed by atoms with E-state index in [1.807, 2.05) is 6.92 Å². The number of pyridine rings is 1. The Morgan fingerprint density at radius 1 is 1.14 bits per heavy atom. The Kier molecular flexibility index (Phi) is 7.12. The van der Waals surface area contributed by atoms with Crippen LogP contribution in [-0.2, 0) is 10.1 Å². The van der Waals surface area contributed by atoms with Gasteiger partial charge in [-0.3, -0.25) is 9.35 Å². The van der Waals surface area contributed by atoms with Gasteiger partial charge in [-0.15, -0.1) is 0 Å². The molecule has 1 amide bonds. The van der Waals surface area contributed by atoms with Gasteiger partial charge < -0.3 is 10.2 Å². The molecule has 1 aromatic heterocycles. The molecular weight excluding hydrogens is 493 g/mol. The summed E-state index contributed by atoms with van der Waals surface area (Å²) in [5.74, 6) is -0.363. The highest BCUT2D eigenvalue weighted by molar-refractivity contribution is 7.85. The minimum Gasteiger partial charge on any atom is -0.354 e. The van der Waals surface area contributed by atoms with E-state index < -0.39 is 15.1 Å². The van der Waals surface area contributed by atoms with Crippen LogP contribution in [0.3, 0.4) is 0 Å². The number of carbonyl (C=O) groups excluding carboxylic acids is 1. The van der Waals surface area contributed by atoms with Crippen LogP contribution in [0.4, 0.5) is 15.8 Å². The standard InChI is InChI=1S/C25H25ClFN3O4S/c1-15-13-19(26)5-8-22(15)29-23-16(2)24(35(32,33)34)28-14-21(23)25(31)30-11-9-18(10-12-30)17-3-6-20(27)7-4-17/h3-8,13-14,18H,9-12H2,1-2H3,(H,28,29)(H,32,33,34). The highest BCUT2D eigenvalue weighted by Gasteiger charge is 2.29. The number of hydrogen-bond acceptors (Lipinski definition) is 5. The molecule has 1 aliphatic rings. The van der Waals surface area contributed by atoms with Crippen LogP contribution in [0.1, 0.15) is 45.8 Å². The van der Waals surface area contributed by atoms with Crippen molar-refractivity contribution in [3.05, 3.63) is 81.8 Å². The minimum atomic E-state index is -4.60. The molecule has 2 heterocycles. The Balaban J connectivity index is 1.63. The van der Waals surface area contributed by atoms with E-state index in [4.69, 9.17) is 11.6 Å². The Labute approximate surface area is 208 Å². The third-order valence-electron chi connectivity index (χ3n) is 6.32. The minimum absolute atomic E-state index is 0.133. The normalized spacial score (nSPS) is 14.7. The smallest absolute Gasteiger partial charge is 0.312 e. The molecule has 3 aromatic rings. The lowest BCUT2D eigenvalue weighted by molar-refractivity contribution is 0.0713. The predicted molar refractivity (Wildman–Crippen MR) is 133 cm³/mol. The summed E-state index contributed by atoms with van der Waals surface area (Å²) >= 11 is 6.05. The van der Waals surface area contributed by atoms with Gasteiger partial charge in [0, 0.05) is 35.6 Å². The van der Waals surface area contributed by atoms with Crippen molar-refractivity contribution in [3.63, 3.8) is 0 Å². The van der Waals surface area contributed by atoms with Gasteiger partial charge in [-0.1, -0.05) is 23.7 Å². The molecule has 0 unspecified atom stereocenters. The molecule has 0 aliphatic carbocycles. The molecule has 0 spiro atoms. The lowest BCUT2D eigenvalue weighted by atomic mass is 9.89. The summed E-state index contributed by atoms with van der Waals surface area (Å²) in [7, 11) is -4.60. The van der Waals surface area contributed by atoms with Crippen molar-refractivity contribution in [1.29, 1.82) is 0 Å². The van der Waals surface area contributed by atoms with Gasteiger partial charge >= 0.3 is 10.1 Å². The van der Waals surface area contributed by atoms with Crippen LogP contribution in [0, 0.1) is 19.7 Å². The number of nitrogens with zero attached hydrogens (tertiary/aromatic N) is 2. The summed E-state index contributed by atoms with van der Waals surface area (Å²) in [6, 6.07) is 11.6. The monoisotopic (exact) mass is 517 g/mol. The van der Waals surface area contributed by atoms with Gasteiger partial charge in [0.05, 0.1) is 11.3 Å². The number of piperidine rings is 1. The molecule has 35 heavy (non-hydrogen) atoms. The molecule has 184 valence electrons. The Morgan fingerprint density at radius 2 is 1.80 bits per heavy atom. The second kappa shape index (κ2) is 9.93. The lowest BCUT2D eigenvalue weighted by Crippen LogP contribution is -2.38. The predicted octanol–water partition coefficient (Wildman–Crippen LogP) is 5.50. The van der Waals surface area contributed by atoms with E-state index in [9.17, 15) is 22.2 Å². The van der Waals surface area contributed by atoms with E-state index in [2.05, 4.69) is 10.3 Å². The number of carbonyl (C=O) groups is 1. The maximum Gasteiger partial charge on any atom is 0.312 e. The zero-order valence-corrected chi connectivity index (χ0v) is 20.8. The molecule has 1 saturated heterocycles. The summed E-state index contributed by atoms with van der Waals surface area (Å²) in [5.41, 5.74) is 3.05. The van der Waals surface area contributed by atoms with Crippen LogP contribution in [-0.4, -0.2) is 41.9 Å². The zero-order chi connectivity index (χ0) is 25.3. The van der Waals surface area contributed by atoms with Crippen molar-refractivity contribution in [3.8, 4) is 0 Å². The fourth-order valence-electron chi connectivity index (χ4n) is 4.40. The lowest BCUT2D eigenvalue weighted by Gasteiger charge is -2.33. The van der Waals surface area contributed by atoms with Gasteiger partial charge in [-0.05, 0) is 74.1 Å². The Morgan fingerprint density at radius 3 is 2.40 bits per heavy atom. The van der Waals surface area contributed by atoms with Crippen molar-refractivity contribution in [2.45, 2.75) is 37.6 Å². The largest absolute Gasteiger partial charge is 0.354 e. The van der Waals surface area contributed by atoms with E-state index in [-0.39, 0.29) is 34.5 Å². The topological polar surface area (TPSA) is 99.6 Å². The maximum absolute atomic E-state index is 13.5. The van der Waals surface area contributed by atoms with Crippen LogP contribution in [0.2, 0.25) is 5.02 Å². The first kappa shape index (κ1) is 25.1. The van der Waals surface area contributed by atoms with Gasteiger partial charge in [0.2, 0.25) is 0 Å². The van der Waals surface area contributed by atoms with Crippen LogP contribution in [0.15, 0.2) is 53.7 Å². The fourth-order valence-corrected chi connectivity index (χ4v) is 5.30. The molecule has 1 aliphatic heterocycles. The highest BCUT2D eigenvalue weighted by atomic mass is 35.5. The summed E-state index contributed by atoms with van der Waals surface area (Å²) < 4.78 is 46.6. The quantitative estimate of drug-likeness (QED) is 0.433. The fraction of sp³-hybridized carbons (Fsp3) is 0.280. The van der Waals surface area contributed by atoms with E-state index in [1.54, 1.807) is 35.2 Å². The van der Waals surface area contributed by atoms with E-state index in [1.165, 1.54) is 25.3 Å². The van der Waals surface area contributed by atoms with Crippen molar-refractivity contribution >= 4 is 39.0 Å². The van der Waals surface area contributed by atoms with E-state index in [0.717, 1.165) is 11.1 Å². The number of rotatable bonds is 5. The molecule has 0 saturated carbocycles. The van der Waals surface area contributed by atoms with Crippen molar-refractivity contribution in [1.82, 2.24) is 9.88 Å². The molecule has 0 radical (unpaired) electrons. The average molecular weight is 518 g/mol. The average Bonchev–Trinajstić information content (AvgIpc) is 2.81. The van der Waals surface area contributed by atoms with Gasteiger partial charge in [0.1, 0.15) is 5.82 Å². The Bertz CT molecular complexity index is 1370. The molecule has 7 nitrogen and oxygen atoms in total. The van der Waals surface area contributed by atoms with Gasteiger partial charge in [0.15, 0.2) is 5.03 Å². The second-order valence-electron chi connectivity index (χ2n) is 8.65. The first-order chi connectivity index (χ1) is 16.5. The molecule has 4 rings (SSSR count). The number of likely N-dealkylation sites (tertiary alicyclic amines) is 1. The number of nitrogens with one attached hydrogen (secondary N) is 1. The molecular formula is C25H25ClFN3O4S. The number of halogens is 2. The van der Waals surface area contributed by atoms with Crippen molar-refractivity contribution in [2.75, 3.05) is 18.4 Å². The first-order valence-corrected chi connectivity index (χ1v) is 12.9. The van der Waals surface area contributed by atoms with Crippen LogP contribution >= 0.6 is 11.6 Å². The number of anilines is 2. The molecule has 10 heteroatoms. The first-order valence-electron chi connectivity index (χ1n) is 11.1. The number of amides is 1.